The Labute approximate surface area is 221 Å². The number of nitriles is 1. The Morgan fingerprint density at radius 3 is 2.59 bits per heavy atom. The van der Waals surface area contributed by atoms with Gasteiger partial charge in [-0.2, -0.15) is 5.26 Å². The molecular weight excluding hydrogens is 464 g/mol. The molecule has 3 heterocycles. The van der Waals surface area contributed by atoms with Crippen LogP contribution in [-0.4, -0.2) is 73.9 Å². The van der Waals surface area contributed by atoms with E-state index in [0.717, 1.165) is 69.1 Å². The summed E-state index contributed by atoms with van der Waals surface area (Å²) >= 11 is 0. The molecule has 0 saturated carbocycles. The zero-order valence-electron chi connectivity index (χ0n) is 22.8. The third-order valence-electron chi connectivity index (χ3n) is 9.06. The summed E-state index contributed by atoms with van der Waals surface area (Å²) in [7, 11) is 0. The van der Waals surface area contributed by atoms with Gasteiger partial charge in [0, 0.05) is 43.0 Å². The van der Waals surface area contributed by atoms with Crippen molar-refractivity contribution in [3.05, 3.63) is 35.5 Å². The van der Waals surface area contributed by atoms with Crippen LogP contribution in [-0.2, 0) is 17.8 Å². The number of nitrogens with zero attached hydrogens (tertiary/aromatic N) is 4. The lowest BCUT2D eigenvalue weighted by Gasteiger charge is -2.43. The lowest BCUT2D eigenvalue weighted by Crippen LogP contribution is -2.58. The fourth-order valence-corrected chi connectivity index (χ4v) is 6.91. The molecule has 3 atom stereocenters. The summed E-state index contributed by atoms with van der Waals surface area (Å²) in [5.41, 5.74) is 2.15. The standard InChI is InChI=1S/C30H44N4O3/c1-4-30(37,5-2)28(15-18-35)34-17-8-10-26(34)29(36)33-16-7-9-24(33)13-14-25-20-23-12-11-22(21-31)19-27(23)32(25)6-3/h11-12,19-20,24,26,28,35,37H,4-10,13-18H2,1-3H3/t24-,26+,28?/m0/s1. The van der Waals surface area contributed by atoms with Crippen molar-refractivity contribution < 1.29 is 15.0 Å². The summed E-state index contributed by atoms with van der Waals surface area (Å²) < 4.78 is 2.30. The minimum absolute atomic E-state index is 0.0119. The highest BCUT2D eigenvalue weighted by Gasteiger charge is 2.45. The van der Waals surface area contributed by atoms with E-state index in [9.17, 15) is 20.3 Å². The first kappa shape index (κ1) is 27.6. The number of fused-ring (bicyclic) bond motifs is 1. The van der Waals surface area contributed by atoms with Gasteiger partial charge in [0.15, 0.2) is 0 Å². The Morgan fingerprint density at radius 2 is 1.92 bits per heavy atom. The molecule has 2 aliphatic rings. The van der Waals surface area contributed by atoms with Crippen LogP contribution in [0.15, 0.2) is 24.3 Å². The van der Waals surface area contributed by atoms with Gasteiger partial charge in [-0.3, -0.25) is 9.69 Å². The summed E-state index contributed by atoms with van der Waals surface area (Å²) in [5, 5.41) is 31.6. The maximum absolute atomic E-state index is 13.9. The lowest BCUT2D eigenvalue weighted by molar-refractivity contribution is -0.141. The van der Waals surface area contributed by atoms with E-state index in [4.69, 9.17) is 0 Å². The number of rotatable bonds is 11. The third kappa shape index (κ3) is 5.43. The molecule has 1 unspecified atom stereocenters. The van der Waals surface area contributed by atoms with E-state index in [1.165, 1.54) is 5.69 Å². The number of likely N-dealkylation sites (tertiary alicyclic amines) is 2. The van der Waals surface area contributed by atoms with Crippen molar-refractivity contribution in [3.63, 3.8) is 0 Å². The Morgan fingerprint density at radius 1 is 1.16 bits per heavy atom. The van der Waals surface area contributed by atoms with Crippen molar-refractivity contribution >= 4 is 16.8 Å². The van der Waals surface area contributed by atoms with Crippen LogP contribution in [0.4, 0.5) is 0 Å². The molecular formula is C30H44N4O3. The van der Waals surface area contributed by atoms with Gasteiger partial charge in [0.1, 0.15) is 0 Å². The molecule has 0 radical (unpaired) electrons. The number of aromatic nitrogens is 1. The lowest BCUT2D eigenvalue weighted by atomic mass is 9.85. The van der Waals surface area contributed by atoms with E-state index >= 15 is 0 Å². The molecule has 2 aromatic rings. The summed E-state index contributed by atoms with van der Waals surface area (Å²) in [4.78, 5) is 18.3. The molecule has 2 saturated heterocycles. The SMILES string of the molecule is CCn1c(CC[C@@H]2CCCN2C(=O)[C@H]2CCCN2C(CCO)C(O)(CC)CC)cc2ccc(C#N)cc21. The zero-order valence-corrected chi connectivity index (χ0v) is 22.8. The Kier molecular flexibility index (Phi) is 8.94. The van der Waals surface area contributed by atoms with E-state index in [2.05, 4.69) is 33.4 Å². The van der Waals surface area contributed by atoms with Gasteiger partial charge in [-0.05, 0) is 94.8 Å². The molecule has 1 amide bonds. The molecule has 0 spiro atoms. The van der Waals surface area contributed by atoms with Crippen LogP contribution in [0.3, 0.4) is 0 Å². The maximum atomic E-state index is 13.9. The second kappa shape index (κ2) is 12.0. The first-order chi connectivity index (χ1) is 17.9. The van der Waals surface area contributed by atoms with Gasteiger partial charge in [-0.1, -0.05) is 19.9 Å². The van der Waals surface area contributed by atoms with Crippen molar-refractivity contribution in [2.75, 3.05) is 19.7 Å². The van der Waals surface area contributed by atoms with Crippen molar-refractivity contribution in [3.8, 4) is 6.07 Å². The van der Waals surface area contributed by atoms with Crippen LogP contribution in [0.5, 0.6) is 0 Å². The molecule has 0 aliphatic carbocycles. The van der Waals surface area contributed by atoms with Crippen LogP contribution >= 0.6 is 0 Å². The molecule has 7 nitrogen and oxygen atoms in total. The number of amides is 1. The number of hydrogen-bond donors (Lipinski definition) is 2. The minimum Gasteiger partial charge on any atom is -0.396 e. The zero-order chi connectivity index (χ0) is 26.6. The molecule has 1 aromatic heterocycles. The first-order valence-corrected chi connectivity index (χ1v) is 14.3. The normalized spacial score (nSPS) is 21.6. The predicted octanol–water partition coefficient (Wildman–Crippen LogP) is 4.22. The first-order valence-electron chi connectivity index (χ1n) is 14.3. The maximum Gasteiger partial charge on any atom is 0.240 e. The fourth-order valence-electron chi connectivity index (χ4n) is 6.91. The van der Waals surface area contributed by atoms with Crippen molar-refractivity contribution in [1.82, 2.24) is 14.4 Å². The van der Waals surface area contributed by atoms with E-state index in [1.54, 1.807) is 0 Å². The number of benzene rings is 1. The second-order valence-corrected chi connectivity index (χ2v) is 10.9. The molecule has 2 fully saturated rings. The smallest absolute Gasteiger partial charge is 0.240 e. The topological polar surface area (TPSA) is 92.7 Å². The average molecular weight is 509 g/mol. The van der Waals surface area contributed by atoms with E-state index in [-0.39, 0.29) is 30.6 Å². The Balaban J connectivity index is 1.49. The number of aliphatic hydroxyl groups is 2. The second-order valence-electron chi connectivity index (χ2n) is 10.9. The van der Waals surface area contributed by atoms with Crippen molar-refractivity contribution in [2.45, 2.75) is 109 Å². The Hall–Kier alpha value is -2.40. The summed E-state index contributed by atoms with van der Waals surface area (Å²) in [5.74, 6) is 0.201. The van der Waals surface area contributed by atoms with Crippen LogP contribution in [0, 0.1) is 11.3 Å². The largest absolute Gasteiger partial charge is 0.396 e. The highest BCUT2D eigenvalue weighted by Crippen LogP contribution is 2.34. The molecule has 4 rings (SSSR count). The summed E-state index contributed by atoms with van der Waals surface area (Å²) in [6, 6.07) is 10.2. The van der Waals surface area contributed by atoms with Gasteiger partial charge in [0.25, 0.3) is 0 Å². The van der Waals surface area contributed by atoms with Crippen LogP contribution in [0.1, 0.15) is 83.4 Å². The van der Waals surface area contributed by atoms with Crippen LogP contribution < -0.4 is 0 Å². The number of carbonyl (C=O) groups is 1. The predicted molar refractivity (Wildman–Crippen MR) is 146 cm³/mol. The highest BCUT2D eigenvalue weighted by atomic mass is 16.3. The highest BCUT2D eigenvalue weighted by molar-refractivity contribution is 5.83. The van der Waals surface area contributed by atoms with Gasteiger partial charge in [0.05, 0.1) is 23.3 Å². The quantitative estimate of drug-likeness (QED) is 0.474. The number of carbonyl (C=O) groups excluding carboxylic acids is 1. The fraction of sp³-hybridized carbons (Fsp3) is 0.667. The molecule has 2 aliphatic heterocycles. The van der Waals surface area contributed by atoms with Gasteiger partial charge < -0.3 is 19.7 Å². The minimum atomic E-state index is -0.894. The van der Waals surface area contributed by atoms with Crippen LogP contribution in [0.2, 0.25) is 0 Å². The molecule has 7 heteroatoms. The van der Waals surface area contributed by atoms with Crippen molar-refractivity contribution in [2.24, 2.45) is 0 Å². The molecule has 37 heavy (non-hydrogen) atoms. The molecule has 2 N–H and O–H groups in total. The Bertz CT molecular complexity index is 1120. The van der Waals surface area contributed by atoms with Gasteiger partial charge in [-0.25, -0.2) is 0 Å². The van der Waals surface area contributed by atoms with Gasteiger partial charge >= 0.3 is 0 Å². The third-order valence-corrected chi connectivity index (χ3v) is 9.06. The average Bonchev–Trinajstić information content (AvgIpc) is 3.67. The van der Waals surface area contributed by atoms with Crippen molar-refractivity contribution in [1.29, 1.82) is 5.26 Å². The van der Waals surface area contributed by atoms with E-state index < -0.39 is 5.60 Å². The monoisotopic (exact) mass is 508 g/mol. The van der Waals surface area contributed by atoms with Gasteiger partial charge in [-0.15, -0.1) is 0 Å². The molecule has 202 valence electrons. The molecule has 1 aromatic carbocycles. The summed E-state index contributed by atoms with van der Waals surface area (Å²) in [6.07, 6.45) is 7.34. The van der Waals surface area contributed by atoms with E-state index in [0.29, 0.717) is 24.8 Å². The number of aliphatic hydroxyl groups excluding tert-OH is 1. The number of hydrogen-bond acceptors (Lipinski definition) is 5. The number of aryl methyl sites for hydroxylation is 2. The van der Waals surface area contributed by atoms with Crippen LogP contribution in [0.25, 0.3) is 10.9 Å². The molecule has 0 bridgehead atoms. The summed E-state index contributed by atoms with van der Waals surface area (Å²) in [6.45, 7) is 8.58. The van der Waals surface area contributed by atoms with E-state index in [1.807, 2.05) is 32.0 Å². The van der Waals surface area contributed by atoms with Gasteiger partial charge in [0.2, 0.25) is 5.91 Å².